The quantitative estimate of drug-likeness (QED) is 0.432. The summed E-state index contributed by atoms with van der Waals surface area (Å²) in [6, 6.07) is 1.42. The summed E-state index contributed by atoms with van der Waals surface area (Å²) >= 11 is 0. The molecule has 1 aromatic heterocycles. The summed E-state index contributed by atoms with van der Waals surface area (Å²) in [5.74, 6) is 0.409. The number of hydrogen-bond acceptors (Lipinski definition) is 4. The van der Waals surface area contributed by atoms with Crippen molar-refractivity contribution >= 4 is 11.4 Å². The highest BCUT2D eigenvalue weighted by Crippen LogP contribution is 2.21. The number of aryl methyl sites for hydroxylation is 1. The van der Waals surface area contributed by atoms with Gasteiger partial charge in [-0.25, -0.2) is 0 Å². The van der Waals surface area contributed by atoms with E-state index in [4.69, 9.17) is 4.74 Å². The van der Waals surface area contributed by atoms with Crippen LogP contribution >= 0.6 is 0 Å². The Balaban J connectivity index is 3.10. The highest BCUT2D eigenvalue weighted by atomic mass is 16.6. The van der Waals surface area contributed by atoms with E-state index in [0.29, 0.717) is 23.6 Å². The highest BCUT2D eigenvalue weighted by Gasteiger charge is 2.12. The van der Waals surface area contributed by atoms with E-state index < -0.39 is 4.92 Å². The number of ether oxygens (including phenoxy) is 1. The molecule has 0 spiro atoms. The van der Waals surface area contributed by atoms with Crippen LogP contribution in [0.4, 0.5) is 5.69 Å². The lowest BCUT2D eigenvalue weighted by Crippen LogP contribution is -1.98. The number of pyridine rings is 1. The van der Waals surface area contributed by atoms with Gasteiger partial charge in [0.25, 0.3) is 5.69 Å². The van der Waals surface area contributed by atoms with Crippen LogP contribution in [0.3, 0.4) is 0 Å². The number of hydrogen-bond donors (Lipinski definition) is 0. The van der Waals surface area contributed by atoms with Crippen molar-refractivity contribution in [2.24, 2.45) is 0 Å². The van der Waals surface area contributed by atoms with Gasteiger partial charge < -0.3 is 4.74 Å². The molecule has 15 heavy (non-hydrogen) atoms. The van der Waals surface area contributed by atoms with Crippen LogP contribution < -0.4 is 0 Å². The average molecular weight is 208 g/mol. The van der Waals surface area contributed by atoms with Gasteiger partial charge >= 0.3 is 0 Å². The van der Waals surface area contributed by atoms with E-state index in [-0.39, 0.29) is 5.69 Å². The Morgan fingerprint density at radius 3 is 2.93 bits per heavy atom. The van der Waals surface area contributed by atoms with Gasteiger partial charge in [-0.2, -0.15) is 0 Å². The Kier molecular flexibility index (Phi) is 3.38. The number of nitrogens with zero attached hydrogens (tertiary/aromatic N) is 2. The Morgan fingerprint density at radius 1 is 1.73 bits per heavy atom. The molecule has 0 aliphatic heterocycles. The van der Waals surface area contributed by atoms with Crippen molar-refractivity contribution in [3.63, 3.8) is 0 Å². The molecule has 0 aromatic carbocycles. The molecule has 80 valence electrons. The molecule has 0 N–H and O–H groups in total. The first-order valence-corrected chi connectivity index (χ1v) is 4.49. The van der Waals surface area contributed by atoms with E-state index in [2.05, 4.69) is 11.6 Å². The average Bonchev–Trinajstić information content (AvgIpc) is 2.18. The maximum atomic E-state index is 10.5. The van der Waals surface area contributed by atoms with Gasteiger partial charge in [-0.05, 0) is 13.8 Å². The van der Waals surface area contributed by atoms with Gasteiger partial charge in [0.1, 0.15) is 12.0 Å². The second-order valence-electron chi connectivity index (χ2n) is 2.94. The van der Waals surface area contributed by atoms with Gasteiger partial charge in [0.2, 0.25) is 0 Å². The van der Waals surface area contributed by atoms with E-state index >= 15 is 0 Å². The summed E-state index contributed by atoms with van der Waals surface area (Å²) < 4.78 is 5.19. The van der Waals surface area contributed by atoms with Gasteiger partial charge in [0.15, 0.2) is 0 Å². The van der Waals surface area contributed by atoms with Crippen LogP contribution in [0.5, 0.6) is 0 Å². The summed E-state index contributed by atoms with van der Waals surface area (Å²) in [5.41, 5.74) is 1.18. The molecule has 0 saturated carbocycles. The second kappa shape index (κ2) is 4.54. The maximum absolute atomic E-state index is 10.5. The summed E-state index contributed by atoms with van der Waals surface area (Å²) in [5, 5.41) is 10.5. The second-order valence-corrected chi connectivity index (χ2v) is 2.94. The topological polar surface area (TPSA) is 65.3 Å². The molecular formula is C10H12N2O3. The van der Waals surface area contributed by atoms with E-state index in [9.17, 15) is 10.1 Å². The Morgan fingerprint density at radius 2 is 2.40 bits per heavy atom. The molecule has 0 saturated heterocycles. The van der Waals surface area contributed by atoms with E-state index in [1.54, 1.807) is 6.92 Å². The fraction of sp³-hybridized carbons (Fsp3) is 0.300. The smallest absolute Gasteiger partial charge is 0.288 e. The van der Waals surface area contributed by atoms with Crippen molar-refractivity contribution < 1.29 is 9.66 Å². The van der Waals surface area contributed by atoms with E-state index in [0.717, 1.165) is 0 Å². The number of rotatable bonds is 4. The van der Waals surface area contributed by atoms with Crippen molar-refractivity contribution in [2.45, 2.75) is 13.8 Å². The normalized spacial score (nSPS) is 9.73. The highest BCUT2D eigenvalue weighted by molar-refractivity contribution is 5.61. The third kappa shape index (κ3) is 2.52. The fourth-order valence-corrected chi connectivity index (χ4v) is 1.16. The predicted octanol–water partition coefficient (Wildman–Crippen LogP) is 2.31. The lowest BCUT2D eigenvalue weighted by Gasteiger charge is -2.08. The first-order chi connectivity index (χ1) is 7.06. The summed E-state index contributed by atoms with van der Waals surface area (Å²) in [4.78, 5) is 14.0. The predicted molar refractivity (Wildman–Crippen MR) is 56.3 cm³/mol. The van der Waals surface area contributed by atoms with Gasteiger partial charge in [-0.15, -0.1) is 0 Å². The number of nitro groups is 1. The van der Waals surface area contributed by atoms with Crippen molar-refractivity contribution in [3.05, 3.63) is 40.2 Å². The fourth-order valence-electron chi connectivity index (χ4n) is 1.16. The summed E-state index contributed by atoms with van der Waals surface area (Å²) in [6.45, 7) is 7.74. The van der Waals surface area contributed by atoms with Crippen LogP contribution in [0.2, 0.25) is 0 Å². The molecule has 1 heterocycles. The SMILES string of the molecule is C=C(OCC)c1cc([N+](=O)[O-])cnc1C. The third-order valence-corrected chi connectivity index (χ3v) is 1.90. The van der Waals surface area contributed by atoms with Gasteiger partial charge in [-0.3, -0.25) is 15.1 Å². The molecule has 5 heteroatoms. The lowest BCUT2D eigenvalue weighted by molar-refractivity contribution is -0.385. The molecule has 0 atom stereocenters. The third-order valence-electron chi connectivity index (χ3n) is 1.90. The van der Waals surface area contributed by atoms with Crippen LogP contribution in [0, 0.1) is 17.0 Å². The minimum absolute atomic E-state index is 0.0588. The van der Waals surface area contributed by atoms with Gasteiger partial charge in [-0.1, -0.05) is 6.58 Å². The molecule has 0 bridgehead atoms. The van der Waals surface area contributed by atoms with E-state index in [1.165, 1.54) is 12.3 Å². The zero-order chi connectivity index (χ0) is 11.4. The minimum atomic E-state index is -0.491. The Hall–Kier alpha value is -1.91. The molecule has 0 aliphatic rings. The van der Waals surface area contributed by atoms with Crippen LogP contribution in [-0.4, -0.2) is 16.5 Å². The van der Waals surface area contributed by atoms with Crippen LogP contribution in [0.15, 0.2) is 18.8 Å². The molecule has 0 amide bonds. The first-order valence-electron chi connectivity index (χ1n) is 4.49. The molecule has 5 nitrogen and oxygen atoms in total. The maximum Gasteiger partial charge on any atom is 0.288 e. The molecule has 0 aliphatic carbocycles. The van der Waals surface area contributed by atoms with Crippen molar-refractivity contribution in [1.29, 1.82) is 0 Å². The van der Waals surface area contributed by atoms with Crippen LogP contribution in [0.1, 0.15) is 18.2 Å². The zero-order valence-corrected chi connectivity index (χ0v) is 8.69. The molecule has 0 radical (unpaired) electrons. The van der Waals surface area contributed by atoms with E-state index in [1.807, 2.05) is 6.92 Å². The Bertz CT molecular complexity index is 402. The summed E-state index contributed by atoms with van der Waals surface area (Å²) in [7, 11) is 0. The van der Waals surface area contributed by atoms with Gasteiger partial charge in [0.05, 0.1) is 11.5 Å². The molecule has 0 fully saturated rings. The zero-order valence-electron chi connectivity index (χ0n) is 8.69. The van der Waals surface area contributed by atoms with Crippen molar-refractivity contribution in [3.8, 4) is 0 Å². The molecule has 1 aromatic rings. The monoisotopic (exact) mass is 208 g/mol. The molecule has 1 rings (SSSR count). The minimum Gasteiger partial charge on any atom is -0.494 e. The van der Waals surface area contributed by atoms with Crippen LogP contribution in [-0.2, 0) is 4.74 Å². The Labute approximate surface area is 87.6 Å². The molecular weight excluding hydrogens is 196 g/mol. The van der Waals surface area contributed by atoms with Crippen molar-refractivity contribution in [1.82, 2.24) is 4.98 Å². The number of aromatic nitrogens is 1. The molecule has 0 unspecified atom stereocenters. The lowest BCUT2D eigenvalue weighted by atomic mass is 10.1. The van der Waals surface area contributed by atoms with Crippen molar-refractivity contribution in [2.75, 3.05) is 6.61 Å². The first kappa shape index (κ1) is 11.2. The largest absolute Gasteiger partial charge is 0.494 e. The van der Waals surface area contributed by atoms with Crippen LogP contribution in [0.25, 0.3) is 5.76 Å². The summed E-state index contributed by atoms with van der Waals surface area (Å²) in [6.07, 6.45) is 1.22. The standard InChI is InChI=1S/C10H12N2O3/c1-4-15-8(3)10-5-9(12(13)14)6-11-7(10)2/h5-6H,3-4H2,1-2H3. The van der Waals surface area contributed by atoms with Gasteiger partial charge in [0, 0.05) is 17.3 Å².